The van der Waals surface area contributed by atoms with Gasteiger partial charge in [0.1, 0.15) is 11.5 Å². The average molecular weight is 370 g/mol. The Morgan fingerprint density at radius 3 is 2.15 bits per heavy atom. The second kappa shape index (κ2) is 10.9. The van der Waals surface area contributed by atoms with E-state index in [0.717, 1.165) is 12.8 Å². The van der Waals surface area contributed by atoms with E-state index >= 15 is 0 Å². The molecule has 6 nitrogen and oxygen atoms in total. The highest BCUT2D eigenvalue weighted by atomic mass is 16.5. The third-order valence-corrected chi connectivity index (χ3v) is 3.92. The number of carbonyl (C=O) groups excluding carboxylic acids is 2. The zero-order chi connectivity index (χ0) is 19.5. The SMILES string of the molecule is CCCc1ccc(OCC(=O)NCCNC(=O)c2ccc(OC)cc2)cc1. The number of carbonyl (C=O) groups is 2. The number of benzene rings is 2. The molecule has 2 aromatic rings. The fraction of sp³-hybridized carbons (Fsp3) is 0.333. The highest BCUT2D eigenvalue weighted by Gasteiger charge is 2.06. The van der Waals surface area contributed by atoms with E-state index in [1.165, 1.54) is 5.56 Å². The second-order valence-electron chi connectivity index (χ2n) is 6.02. The highest BCUT2D eigenvalue weighted by Crippen LogP contribution is 2.13. The molecule has 0 bridgehead atoms. The Morgan fingerprint density at radius 1 is 0.889 bits per heavy atom. The maximum atomic E-state index is 12.0. The van der Waals surface area contributed by atoms with Gasteiger partial charge >= 0.3 is 0 Å². The van der Waals surface area contributed by atoms with Crippen LogP contribution in [0.15, 0.2) is 48.5 Å². The lowest BCUT2D eigenvalue weighted by Crippen LogP contribution is -2.36. The van der Waals surface area contributed by atoms with Crippen molar-refractivity contribution in [2.45, 2.75) is 19.8 Å². The number of hydrogen-bond donors (Lipinski definition) is 2. The van der Waals surface area contributed by atoms with E-state index in [1.807, 2.05) is 24.3 Å². The topological polar surface area (TPSA) is 76.7 Å². The van der Waals surface area contributed by atoms with Crippen LogP contribution in [0, 0.1) is 0 Å². The van der Waals surface area contributed by atoms with E-state index in [9.17, 15) is 9.59 Å². The van der Waals surface area contributed by atoms with Crippen LogP contribution >= 0.6 is 0 Å². The first-order valence-electron chi connectivity index (χ1n) is 9.03. The first-order valence-corrected chi connectivity index (χ1v) is 9.03. The van der Waals surface area contributed by atoms with E-state index in [0.29, 0.717) is 30.2 Å². The number of rotatable bonds is 10. The minimum absolute atomic E-state index is 0.0560. The van der Waals surface area contributed by atoms with Crippen molar-refractivity contribution in [2.24, 2.45) is 0 Å². The predicted octanol–water partition coefficient (Wildman–Crippen LogP) is 2.57. The molecule has 2 rings (SSSR count). The molecule has 0 radical (unpaired) electrons. The molecule has 0 aromatic heterocycles. The minimum Gasteiger partial charge on any atom is -0.497 e. The lowest BCUT2D eigenvalue weighted by molar-refractivity contribution is -0.123. The summed E-state index contributed by atoms with van der Waals surface area (Å²) in [6.45, 7) is 2.75. The van der Waals surface area contributed by atoms with Gasteiger partial charge in [0.15, 0.2) is 6.61 Å². The van der Waals surface area contributed by atoms with E-state index < -0.39 is 0 Å². The Hall–Kier alpha value is -3.02. The fourth-order valence-electron chi connectivity index (χ4n) is 2.46. The zero-order valence-corrected chi connectivity index (χ0v) is 15.8. The first-order chi connectivity index (χ1) is 13.1. The molecule has 144 valence electrons. The fourth-order valence-corrected chi connectivity index (χ4v) is 2.46. The Kier molecular flexibility index (Phi) is 8.16. The molecule has 2 N–H and O–H groups in total. The lowest BCUT2D eigenvalue weighted by atomic mass is 10.1. The summed E-state index contributed by atoms with van der Waals surface area (Å²) < 4.78 is 10.5. The van der Waals surface area contributed by atoms with E-state index in [-0.39, 0.29) is 18.4 Å². The van der Waals surface area contributed by atoms with Gasteiger partial charge in [-0.25, -0.2) is 0 Å². The highest BCUT2D eigenvalue weighted by molar-refractivity contribution is 5.94. The monoisotopic (exact) mass is 370 g/mol. The van der Waals surface area contributed by atoms with Crippen molar-refractivity contribution in [3.8, 4) is 11.5 Å². The van der Waals surface area contributed by atoms with Gasteiger partial charge < -0.3 is 20.1 Å². The van der Waals surface area contributed by atoms with Crippen LogP contribution in [-0.2, 0) is 11.2 Å². The van der Waals surface area contributed by atoms with Crippen molar-refractivity contribution in [1.29, 1.82) is 0 Å². The molecule has 0 atom stereocenters. The Balaban J connectivity index is 1.63. The molecule has 0 unspecified atom stereocenters. The molecule has 0 saturated carbocycles. The van der Waals surface area contributed by atoms with Gasteiger partial charge in [0.2, 0.25) is 0 Å². The van der Waals surface area contributed by atoms with Crippen LogP contribution in [0.4, 0.5) is 0 Å². The van der Waals surface area contributed by atoms with Crippen molar-refractivity contribution < 1.29 is 19.1 Å². The van der Waals surface area contributed by atoms with Gasteiger partial charge in [-0.3, -0.25) is 9.59 Å². The number of amides is 2. The molecule has 0 spiro atoms. The summed E-state index contributed by atoms with van der Waals surface area (Å²) in [5, 5.41) is 5.46. The van der Waals surface area contributed by atoms with Gasteiger partial charge in [-0.1, -0.05) is 25.5 Å². The van der Waals surface area contributed by atoms with Gasteiger partial charge in [-0.2, -0.15) is 0 Å². The summed E-state index contributed by atoms with van der Waals surface area (Å²) in [5.41, 5.74) is 1.79. The summed E-state index contributed by atoms with van der Waals surface area (Å²) in [4.78, 5) is 23.8. The van der Waals surface area contributed by atoms with Crippen molar-refractivity contribution in [2.75, 3.05) is 26.8 Å². The smallest absolute Gasteiger partial charge is 0.258 e. The standard InChI is InChI=1S/C21H26N2O4/c1-3-4-16-5-9-19(10-6-16)27-15-20(24)22-13-14-23-21(25)17-7-11-18(26-2)12-8-17/h5-12H,3-4,13-15H2,1-2H3,(H,22,24)(H,23,25). The third-order valence-electron chi connectivity index (χ3n) is 3.92. The molecule has 0 aliphatic heterocycles. The Labute approximate surface area is 159 Å². The predicted molar refractivity (Wildman–Crippen MR) is 104 cm³/mol. The summed E-state index contributed by atoms with van der Waals surface area (Å²) in [5.74, 6) is 0.929. The molecule has 0 heterocycles. The maximum absolute atomic E-state index is 12.0. The summed E-state index contributed by atoms with van der Waals surface area (Å²) in [7, 11) is 1.57. The molecule has 0 fully saturated rings. The van der Waals surface area contributed by atoms with Crippen molar-refractivity contribution in [3.63, 3.8) is 0 Å². The number of ether oxygens (including phenoxy) is 2. The quantitative estimate of drug-likeness (QED) is 0.630. The number of aryl methyl sites for hydroxylation is 1. The van der Waals surface area contributed by atoms with Crippen LogP contribution in [0.3, 0.4) is 0 Å². The Morgan fingerprint density at radius 2 is 1.52 bits per heavy atom. The molecular formula is C21H26N2O4. The Bertz CT molecular complexity index is 727. The van der Waals surface area contributed by atoms with Crippen molar-refractivity contribution in [3.05, 3.63) is 59.7 Å². The van der Waals surface area contributed by atoms with Gasteiger partial charge in [-0.15, -0.1) is 0 Å². The van der Waals surface area contributed by atoms with E-state index in [4.69, 9.17) is 9.47 Å². The van der Waals surface area contributed by atoms with E-state index in [1.54, 1.807) is 31.4 Å². The average Bonchev–Trinajstić information content (AvgIpc) is 2.71. The second-order valence-corrected chi connectivity index (χ2v) is 6.02. The van der Waals surface area contributed by atoms with Crippen LogP contribution in [0.25, 0.3) is 0 Å². The van der Waals surface area contributed by atoms with Crippen LogP contribution in [-0.4, -0.2) is 38.6 Å². The number of nitrogens with one attached hydrogen (secondary N) is 2. The molecule has 6 heteroatoms. The van der Waals surface area contributed by atoms with Crippen LogP contribution < -0.4 is 20.1 Å². The van der Waals surface area contributed by atoms with Crippen LogP contribution in [0.5, 0.6) is 11.5 Å². The molecule has 2 aromatic carbocycles. The summed E-state index contributed by atoms with van der Waals surface area (Å²) in [6.07, 6.45) is 2.13. The maximum Gasteiger partial charge on any atom is 0.258 e. The molecular weight excluding hydrogens is 344 g/mol. The van der Waals surface area contributed by atoms with Crippen molar-refractivity contribution >= 4 is 11.8 Å². The largest absolute Gasteiger partial charge is 0.497 e. The number of hydrogen-bond acceptors (Lipinski definition) is 4. The van der Waals surface area contributed by atoms with Gasteiger partial charge in [0.25, 0.3) is 11.8 Å². The van der Waals surface area contributed by atoms with Crippen LogP contribution in [0.1, 0.15) is 29.3 Å². The number of methoxy groups -OCH3 is 1. The molecule has 27 heavy (non-hydrogen) atoms. The zero-order valence-electron chi connectivity index (χ0n) is 15.8. The lowest BCUT2D eigenvalue weighted by Gasteiger charge is -2.09. The summed E-state index contributed by atoms with van der Waals surface area (Å²) in [6, 6.07) is 14.6. The van der Waals surface area contributed by atoms with Crippen LogP contribution in [0.2, 0.25) is 0 Å². The summed E-state index contributed by atoms with van der Waals surface area (Å²) >= 11 is 0. The van der Waals surface area contributed by atoms with E-state index in [2.05, 4.69) is 17.6 Å². The molecule has 0 aliphatic rings. The minimum atomic E-state index is -0.230. The molecule has 0 aliphatic carbocycles. The van der Waals surface area contributed by atoms with Gasteiger partial charge in [-0.05, 0) is 48.4 Å². The first kappa shape index (κ1) is 20.3. The van der Waals surface area contributed by atoms with Gasteiger partial charge in [0, 0.05) is 18.7 Å². The molecule has 2 amide bonds. The van der Waals surface area contributed by atoms with Gasteiger partial charge in [0.05, 0.1) is 7.11 Å². The third kappa shape index (κ3) is 7.01. The van der Waals surface area contributed by atoms with Crippen molar-refractivity contribution in [1.82, 2.24) is 10.6 Å². The molecule has 0 saturated heterocycles. The normalized spacial score (nSPS) is 10.1.